The summed E-state index contributed by atoms with van der Waals surface area (Å²) in [6.07, 6.45) is 1.64. The van der Waals surface area contributed by atoms with E-state index in [1.54, 1.807) is 16.6 Å². The minimum Gasteiger partial charge on any atom is -0.337 e. The van der Waals surface area contributed by atoms with Crippen molar-refractivity contribution in [3.05, 3.63) is 47.2 Å². The second-order valence-electron chi connectivity index (χ2n) is 6.19. The van der Waals surface area contributed by atoms with Crippen LogP contribution in [-0.2, 0) is 7.05 Å². The molecular formula is C17H16F2N6OS. The number of amides is 1. The molecule has 0 unspecified atom stereocenters. The molecule has 3 aromatic rings. The topological polar surface area (TPSA) is 67.2 Å². The number of thiazole rings is 1. The van der Waals surface area contributed by atoms with E-state index < -0.39 is 11.6 Å². The smallest absolute Gasteiger partial charge is 0.273 e. The number of benzene rings is 1. The van der Waals surface area contributed by atoms with Crippen molar-refractivity contribution >= 4 is 23.2 Å². The van der Waals surface area contributed by atoms with Gasteiger partial charge in [-0.15, -0.1) is 21.5 Å². The zero-order valence-electron chi connectivity index (χ0n) is 14.5. The molecule has 4 rings (SSSR count). The van der Waals surface area contributed by atoms with Crippen LogP contribution in [-0.4, -0.2) is 56.7 Å². The van der Waals surface area contributed by atoms with E-state index in [1.807, 2.05) is 11.6 Å². The lowest BCUT2D eigenvalue weighted by atomic mass is 10.2. The van der Waals surface area contributed by atoms with Crippen LogP contribution in [0.5, 0.6) is 0 Å². The fourth-order valence-electron chi connectivity index (χ4n) is 2.97. The van der Waals surface area contributed by atoms with Crippen molar-refractivity contribution in [2.75, 3.05) is 31.1 Å². The first-order valence-electron chi connectivity index (χ1n) is 8.32. The summed E-state index contributed by atoms with van der Waals surface area (Å²) in [7, 11) is 1.88. The molecular weight excluding hydrogens is 374 g/mol. The van der Waals surface area contributed by atoms with Crippen LogP contribution in [0.15, 0.2) is 29.9 Å². The summed E-state index contributed by atoms with van der Waals surface area (Å²) in [4.78, 5) is 20.8. The molecule has 0 atom stereocenters. The minimum atomic E-state index is -0.935. The van der Waals surface area contributed by atoms with Crippen molar-refractivity contribution in [2.45, 2.75) is 0 Å². The van der Waals surface area contributed by atoms with Crippen LogP contribution in [0.25, 0.3) is 10.6 Å². The molecule has 7 nitrogen and oxygen atoms in total. The van der Waals surface area contributed by atoms with Crippen molar-refractivity contribution in [2.24, 2.45) is 7.05 Å². The van der Waals surface area contributed by atoms with Gasteiger partial charge in [-0.1, -0.05) is 0 Å². The van der Waals surface area contributed by atoms with Crippen molar-refractivity contribution in [3.63, 3.8) is 0 Å². The van der Waals surface area contributed by atoms with Crippen LogP contribution in [0, 0.1) is 11.6 Å². The molecule has 2 aromatic heterocycles. The maximum Gasteiger partial charge on any atom is 0.273 e. The van der Waals surface area contributed by atoms with E-state index in [0.717, 1.165) is 18.1 Å². The molecule has 0 radical (unpaired) electrons. The Labute approximate surface area is 157 Å². The molecule has 27 heavy (non-hydrogen) atoms. The standard InChI is InChI=1S/C17H16F2N6OS/c1-23-10-20-22-17(23)25-6-4-24(5-7-25)16(26)14-9-27-15(21-14)11-2-3-12(18)13(19)8-11/h2-3,8-10H,4-7H2,1H3. The zero-order valence-corrected chi connectivity index (χ0v) is 15.3. The molecule has 1 fully saturated rings. The molecule has 0 saturated carbocycles. The lowest BCUT2D eigenvalue weighted by molar-refractivity contribution is 0.0741. The lowest BCUT2D eigenvalue weighted by Crippen LogP contribution is -2.49. The van der Waals surface area contributed by atoms with Gasteiger partial charge in [0.05, 0.1) is 0 Å². The van der Waals surface area contributed by atoms with Gasteiger partial charge in [0.2, 0.25) is 5.95 Å². The highest BCUT2D eigenvalue weighted by atomic mass is 32.1. The van der Waals surface area contributed by atoms with E-state index in [4.69, 9.17) is 0 Å². The SMILES string of the molecule is Cn1cnnc1N1CCN(C(=O)c2csc(-c3ccc(F)c(F)c3)n2)CC1. The van der Waals surface area contributed by atoms with E-state index in [0.29, 0.717) is 42.4 Å². The lowest BCUT2D eigenvalue weighted by Gasteiger charge is -2.34. The molecule has 3 heterocycles. The van der Waals surface area contributed by atoms with Crippen molar-refractivity contribution in [1.82, 2.24) is 24.6 Å². The Morgan fingerprint density at radius 3 is 2.59 bits per heavy atom. The average Bonchev–Trinajstić information content (AvgIpc) is 3.33. The Morgan fingerprint density at radius 2 is 1.93 bits per heavy atom. The predicted octanol–water partition coefficient (Wildman–Crippen LogP) is 2.18. The number of nitrogens with zero attached hydrogens (tertiary/aromatic N) is 6. The van der Waals surface area contributed by atoms with Crippen LogP contribution in [0.3, 0.4) is 0 Å². The Morgan fingerprint density at radius 1 is 1.15 bits per heavy atom. The normalized spacial score (nSPS) is 14.6. The highest BCUT2D eigenvalue weighted by molar-refractivity contribution is 7.13. The number of carbonyl (C=O) groups excluding carboxylic acids is 1. The van der Waals surface area contributed by atoms with Crippen LogP contribution in [0.4, 0.5) is 14.7 Å². The van der Waals surface area contributed by atoms with Gasteiger partial charge in [-0.2, -0.15) is 0 Å². The molecule has 10 heteroatoms. The molecule has 1 saturated heterocycles. The highest BCUT2D eigenvalue weighted by Crippen LogP contribution is 2.26. The molecule has 1 aliphatic heterocycles. The van der Waals surface area contributed by atoms with Gasteiger partial charge >= 0.3 is 0 Å². The predicted molar refractivity (Wildman–Crippen MR) is 96.6 cm³/mol. The summed E-state index contributed by atoms with van der Waals surface area (Å²) in [5.41, 5.74) is 0.761. The Balaban J connectivity index is 1.44. The quantitative estimate of drug-likeness (QED) is 0.686. The van der Waals surface area contributed by atoms with Crippen molar-refractivity contribution in [1.29, 1.82) is 0 Å². The van der Waals surface area contributed by atoms with Gasteiger partial charge in [0.15, 0.2) is 11.6 Å². The number of halogens is 2. The molecule has 1 aliphatic rings. The summed E-state index contributed by atoms with van der Waals surface area (Å²) < 4.78 is 28.3. The number of carbonyl (C=O) groups is 1. The number of aromatic nitrogens is 4. The van der Waals surface area contributed by atoms with E-state index in [2.05, 4.69) is 20.1 Å². The van der Waals surface area contributed by atoms with E-state index in [-0.39, 0.29) is 5.91 Å². The van der Waals surface area contributed by atoms with Crippen molar-refractivity contribution < 1.29 is 13.6 Å². The molecule has 0 spiro atoms. The molecule has 140 valence electrons. The van der Waals surface area contributed by atoms with Crippen LogP contribution < -0.4 is 4.90 Å². The maximum absolute atomic E-state index is 13.4. The van der Waals surface area contributed by atoms with E-state index in [9.17, 15) is 13.6 Å². The van der Waals surface area contributed by atoms with Gasteiger partial charge in [-0.05, 0) is 18.2 Å². The van der Waals surface area contributed by atoms with Gasteiger partial charge in [0.25, 0.3) is 5.91 Å². The summed E-state index contributed by atoms with van der Waals surface area (Å²) in [5, 5.41) is 10.1. The minimum absolute atomic E-state index is 0.169. The third kappa shape index (κ3) is 3.39. The Kier molecular flexibility index (Phi) is 4.56. The van der Waals surface area contributed by atoms with Crippen LogP contribution in [0.1, 0.15) is 10.5 Å². The van der Waals surface area contributed by atoms with Gasteiger partial charge in [-0.3, -0.25) is 4.79 Å². The maximum atomic E-state index is 13.4. The first-order valence-corrected chi connectivity index (χ1v) is 9.20. The van der Waals surface area contributed by atoms with Crippen LogP contribution >= 0.6 is 11.3 Å². The summed E-state index contributed by atoms with van der Waals surface area (Å²) in [6.45, 7) is 2.39. The number of hydrogen-bond donors (Lipinski definition) is 0. The largest absolute Gasteiger partial charge is 0.337 e. The molecule has 0 N–H and O–H groups in total. The Bertz CT molecular complexity index is 979. The first kappa shape index (κ1) is 17.5. The third-order valence-electron chi connectivity index (χ3n) is 4.43. The Hall–Kier alpha value is -2.88. The third-order valence-corrected chi connectivity index (χ3v) is 5.32. The molecule has 1 aromatic carbocycles. The second kappa shape index (κ2) is 7.03. The molecule has 0 bridgehead atoms. The van der Waals surface area contributed by atoms with E-state index >= 15 is 0 Å². The number of rotatable bonds is 3. The molecule has 1 amide bonds. The summed E-state index contributed by atoms with van der Waals surface area (Å²) in [5.74, 6) is -1.24. The number of piperazine rings is 1. The number of hydrogen-bond acceptors (Lipinski definition) is 6. The zero-order chi connectivity index (χ0) is 19.0. The fraction of sp³-hybridized carbons (Fsp3) is 0.294. The van der Waals surface area contributed by atoms with Gasteiger partial charge in [-0.25, -0.2) is 13.8 Å². The van der Waals surface area contributed by atoms with Gasteiger partial charge in [0, 0.05) is 44.2 Å². The van der Waals surface area contributed by atoms with E-state index in [1.165, 1.54) is 17.4 Å². The highest BCUT2D eigenvalue weighted by Gasteiger charge is 2.25. The van der Waals surface area contributed by atoms with Gasteiger partial charge < -0.3 is 14.4 Å². The van der Waals surface area contributed by atoms with Gasteiger partial charge in [0.1, 0.15) is 17.0 Å². The monoisotopic (exact) mass is 390 g/mol. The summed E-state index contributed by atoms with van der Waals surface area (Å²) >= 11 is 1.23. The molecule has 0 aliphatic carbocycles. The fourth-order valence-corrected chi connectivity index (χ4v) is 3.76. The average molecular weight is 390 g/mol. The summed E-state index contributed by atoms with van der Waals surface area (Å²) in [6, 6.07) is 3.59. The first-order chi connectivity index (χ1) is 13.0. The van der Waals surface area contributed by atoms with Crippen molar-refractivity contribution in [3.8, 4) is 10.6 Å². The van der Waals surface area contributed by atoms with Crippen LogP contribution in [0.2, 0.25) is 0 Å². The second-order valence-corrected chi connectivity index (χ2v) is 7.05. The number of anilines is 1. The number of aryl methyl sites for hydroxylation is 1.